The topological polar surface area (TPSA) is 15.3 Å². The van der Waals surface area contributed by atoms with E-state index in [2.05, 4.69) is 17.1 Å². The van der Waals surface area contributed by atoms with Gasteiger partial charge in [0.25, 0.3) is 0 Å². The molecule has 0 aromatic heterocycles. The summed E-state index contributed by atoms with van der Waals surface area (Å²) in [5.74, 6) is -0.129. The number of piperidine rings is 1. The molecule has 1 aromatic carbocycles. The van der Waals surface area contributed by atoms with Crippen molar-refractivity contribution in [2.75, 3.05) is 20.1 Å². The lowest BCUT2D eigenvalue weighted by molar-refractivity contribution is 0.194. The molecule has 1 aromatic rings. The number of halogens is 2. The molecule has 1 fully saturated rings. The first kappa shape index (κ1) is 15.4. The van der Waals surface area contributed by atoms with Gasteiger partial charge in [0.2, 0.25) is 0 Å². The van der Waals surface area contributed by atoms with E-state index in [1.165, 1.54) is 24.5 Å². The van der Waals surface area contributed by atoms with Crippen LogP contribution in [0.2, 0.25) is 0 Å². The van der Waals surface area contributed by atoms with Crippen molar-refractivity contribution in [3.05, 3.63) is 35.1 Å². The fourth-order valence-corrected chi connectivity index (χ4v) is 2.43. The minimum atomic E-state index is -0.129. The SMILES string of the molecule is CNC1CCN(Cc2cc(F)ccc2C)CC1.Cl. The molecule has 2 nitrogen and oxygen atoms in total. The van der Waals surface area contributed by atoms with Crippen molar-refractivity contribution in [1.82, 2.24) is 10.2 Å². The van der Waals surface area contributed by atoms with Crippen molar-refractivity contribution >= 4 is 12.4 Å². The summed E-state index contributed by atoms with van der Waals surface area (Å²) in [6.07, 6.45) is 2.37. The van der Waals surface area contributed by atoms with Crippen LogP contribution in [0.3, 0.4) is 0 Å². The molecule has 2 rings (SSSR count). The average Bonchev–Trinajstić information content (AvgIpc) is 2.35. The zero-order valence-electron chi connectivity index (χ0n) is 11.1. The molecule has 0 atom stereocenters. The second-order valence-electron chi connectivity index (χ2n) is 4.91. The summed E-state index contributed by atoms with van der Waals surface area (Å²) in [5, 5.41) is 3.32. The van der Waals surface area contributed by atoms with Crippen molar-refractivity contribution in [2.45, 2.75) is 32.4 Å². The number of nitrogens with zero attached hydrogens (tertiary/aromatic N) is 1. The summed E-state index contributed by atoms with van der Waals surface area (Å²) < 4.78 is 13.2. The van der Waals surface area contributed by atoms with Crippen LogP contribution >= 0.6 is 12.4 Å². The van der Waals surface area contributed by atoms with E-state index in [0.717, 1.165) is 25.2 Å². The maximum atomic E-state index is 13.2. The van der Waals surface area contributed by atoms with Gasteiger partial charge >= 0.3 is 0 Å². The van der Waals surface area contributed by atoms with Crippen molar-refractivity contribution in [2.24, 2.45) is 0 Å². The van der Waals surface area contributed by atoms with Gasteiger partial charge in [0.15, 0.2) is 0 Å². The molecule has 1 saturated heterocycles. The van der Waals surface area contributed by atoms with E-state index in [-0.39, 0.29) is 18.2 Å². The molecule has 0 amide bonds. The third kappa shape index (κ3) is 3.94. The summed E-state index contributed by atoms with van der Waals surface area (Å²) in [6, 6.07) is 5.72. The highest BCUT2D eigenvalue weighted by Gasteiger charge is 2.18. The Kier molecular flexibility index (Phi) is 6.06. The Morgan fingerprint density at radius 3 is 2.61 bits per heavy atom. The minimum Gasteiger partial charge on any atom is -0.317 e. The second-order valence-corrected chi connectivity index (χ2v) is 4.91. The number of aryl methyl sites for hydroxylation is 1. The minimum absolute atomic E-state index is 0. The van der Waals surface area contributed by atoms with Crippen LogP contribution in [-0.2, 0) is 6.54 Å². The molecule has 1 aliphatic heterocycles. The van der Waals surface area contributed by atoms with E-state index >= 15 is 0 Å². The Bertz CT molecular complexity index is 376. The van der Waals surface area contributed by atoms with E-state index in [9.17, 15) is 4.39 Å². The highest BCUT2D eigenvalue weighted by molar-refractivity contribution is 5.85. The van der Waals surface area contributed by atoms with Crippen LogP contribution in [0.25, 0.3) is 0 Å². The van der Waals surface area contributed by atoms with E-state index in [1.54, 1.807) is 6.07 Å². The van der Waals surface area contributed by atoms with Crippen LogP contribution in [0.5, 0.6) is 0 Å². The Hall–Kier alpha value is -0.640. The van der Waals surface area contributed by atoms with Gasteiger partial charge in [-0.05, 0) is 63.2 Å². The van der Waals surface area contributed by atoms with Gasteiger partial charge in [-0.15, -0.1) is 12.4 Å². The van der Waals surface area contributed by atoms with E-state index < -0.39 is 0 Å². The smallest absolute Gasteiger partial charge is 0.123 e. The first-order valence-corrected chi connectivity index (χ1v) is 6.33. The van der Waals surface area contributed by atoms with Crippen LogP contribution in [0.1, 0.15) is 24.0 Å². The predicted octanol–water partition coefficient (Wildman–Crippen LogP) is 2.74. The van der Waals surface area contributed by atoms with Gasteiger partial charge in [0, 0.05) is 12.6 Å². The van der Waals surface area contributed by atoms with Crippen molar-refractivity contribution in [3.63, 3.8) is 0 Å². The Balaban J connectivity index is 0.00000162. The summed E-state index contributed by atoms with van der Waals surface area (Å²) >= 11 is 0. The van der Waals surface area contributed by atoms with Crippen molar-refractivity contribution in [3.8, 4) is 0 Å². The van der Waals surface area contributed by atoms with Gasteiger partial charge in [-0.25, -0.2) is 4.39 Å². The molecule has 1 heterocycles. The molecule has 0 spiro atoms. The van der Waals surface area contributed by atoms with Crippen LogP contribution in [-0.4, -0.2) is 31.1 Å². The largest absolute Gasteiger partial charge is 0.317 e. The van der Waals surface area contributed by atoms with Crippen molar-refractivity contribution < 1.29 is 4.39 Å². The fraction of sp³-hybridized carbons (Fsp3) is 0.571. The van der Waals surface area contributed by atoms with Gasteiger partial charge in [0.1, 0.15) is 5.82 Å². The Morgan fingerprint density at radius 1 is 1.33 bits per heavy atom. The molecule has 0 radical (unpaired) electrons. The highest BCUT2D eigenvalue weighted by Crippen LogP contribution is 2.17. The first-order chi connectivity index (χ1) is 8.19. The van der Waals surface area contributed by atoms with Gasteiger partial charge in [-0.1, -0.05) is 6.07 Å². The van der Waals surface area contributed by atoms with Crippen LogP contribution in [0.15, 0.2) is 18.2 Å². The average molecular weight is 273 g/mol. The maximum Gasteiger partial charge on any atom is 0.123 e. The van der Waals surface area contributed by atoms with Crippen LogP contribution < -0.4 is 5.32 Å². The Labute approximate surface area is 115 Å². The van der Waals surface area contributed by atoms with Crippen LogP contribution in [0, 0.1) is 12.7 Å². The fourth-order valence-electron chi connectivity index (χ4n) is 2.43. The summed E-state index contributed by atoms with van der Waals surface area (Å²) in [4.78, 5) is 2.41. The zero-order chi connectivity index (χ0) is 12.3. The highest BCUT2D eigenvalue weighted by atomic mass is 35.5. The molecule has 1 N–H and O–H groups in total. The number of rotatable bonds is 3. The molecule has 0 unspecified atom stereocenters. The predicted molar refractivity (Wildman–Crippen MR) is 75.7 cm³/mol. The molecule has 102 valence electrons. The molecule has 0 bridgehead atoms. The zero-order valence-corrected chi connectivity index (χ0v) is 11.9. The molecule has 0 saturated carbocycles. The summed E-state index contributed by atoms with van der Waals surface area (Å²) in [5.41, 5.74) is 2.30. The van der Waals surface area contributed by atoms with E-state index in [1.807, 2.05) is 13.1 Å². The molecule has 4 heteroatoms. The number of nitrogens with one attached hydrogen (secondary N) is 1. The van der Waals surface area contributed by atoms with Crippen molar-refractivity contribution in [1.29, 1.82) is 0 Å². The Morgan fingerprint density at radius 2 is 2.00 bits per heavy atom. The molecular weight excluding hydrogens is 251 g/mol. The van der Waals surface area contributed by atoms with Gasteiger partial charge < -0.3 is 5.32 Å². The monoisotopic (exact) mass is 272 g/mol. The first-order valence-electron chi connectivity index (χ1n) is 6.33. The third-order valence-electron chi connectivity index (χ3n) is 3.70. The summed E-state index contributed by atoms with van der Waals surface area (Å²) in [6.45, 7) is 5.12. The van der Waals surface area contributed by atoms with Gasteiger partial charge in [-0.3, -0.25) is 4.90 Å². The van der Waals surface area contributed by atoms with Gasteiger partial charge in [0.05, 0.1) is 0 Å². The van der Waals surface area contributed by atoms with Crippen LogP contribution in [0.4, 0.5) is 4.39 Å². The number of likely N-dealkylation sites (tertiary alicyclic amines) is 1. The molecule has 0 aliphatic carbocycles. The summed E-state index contributed by atoms with van der Waals surface area (Å²) in [7, 11) is 2.02. The lowest BCUT2D eigenvalue weighted by Crippen LogP contribution is -2.40. The third-order valence-corrected chi connectivity index (χ3v) is 3.70. The maximum absolute atomic E-state index is 13.2. The molecule has 1 aliphatic rings. The quantitative estimate of drug-likeness (QED) is 0.910. The van der Waals surface area contributed by atoms with E-state index in [0.29, 0.717) is 6.04 Å². The number of hydrogen-bond acceptors (Lipinski definition) is 2. The molecule has 18 heavy (non-hydrogen) atoms. The number of benzene rings is 1. The normalized spacial score (nSPS) is 17.5. The molecular formula is C14H22ClFN2. The van der Waals surface area contributed by atoms with Gasteiger partial charge in [-0.2, -0.15) is 0 Å². The van der Waals surface area contributed by atoms with E-state index in [4.69, 9.17) is 0 Å². The second kappa shape index (κ2) is 7.07. The standard InChI is InChI=1S/C14H21FN2.ClH/c1-11-3-4-13(15)9-12(11)10-17-7-5-14(16-2)6-8-17;/h3-4,9,14,16H,5-8,10H2,1-2H3;1H. The number of hydrogen-bond donors (Lipinski definition) is 1. The lowest BCUT2D eigenvalue weighted by atomic mass is 10.0. The lowest BCUT2D eigenvalue weighted by Gasteiger charge is -2.32.